The predicted octanol–water partition coefficient (Wildman–Crippen LogP) is 4.33. The van der Waals surface area contributed by atoms with Gasteiger partial charge in [-0.25, -0.2) is 4.98 Å². The van der Waals surface area contributed by atoms with Gasteiger partial charge in [0.1, 0.15) is 5.82 Å². The van der Waals surface area contributed by atoms with Crippen LogP contribution in [0.3, 0.4) is 0 Å². The molecule has 0 aliphatic carbocycles. The van der Waals surface area contributed by atoms with E-state index in [-0.39, 0.29) is 12.7 Å². The maximum atomic E-state index is 12.4. The number of hydrogen-bond acceptors (Lipinski definition) is 5. The molecule has 2 N–H and O–H groups in total. The largest absolute Gasteiger partial charge is 0.454 e. The Kier molecular flexibility index (Phi) is 4.80. The van der Waals surface area contributed by atoms with Crippen molar-refractivity contribution in [2.45, 2.75) is 6.54 Å². The molecular formula is C20H16ClN3O3. The number of aromatic nitrogens is 1. The Morgan fingerprint density at radius 1 is 1.04 bits per heavy atom. The quantitative estimate of drug-likeness (QED) is 0.688. The highest BCUT2D eigenvalue weighted by atomic mass is 35.5. The van der Waals surface area contributed by atoms with E-state index in [1.165, 1.54) is 0 Å². The third-order valence-electron chi connectivity index (χ3n) is 4.04. The number of hydrogen-bond donors (Lipinski definition) is 2. The summed E-state index contributed by atoms with van der Waals surface area (Å²) in [6, 6.07) is 16.3. The van der Waals surface area contributed by atoms with E-state index in [0.29, 0.717) is 40.1 Å². The molecule has 2 aromatic carbocycles. The molecule has 0 fully saturated rings. The highest BCUT2D eigenvalue weighted by Gasteiger charge is 2.16. The smallest absolute Gasteiger partial charge is 0.255 e. The topological polar surface area (TPSA) is 72.5 Å². The molecule has 0 unspecified atom stereocenters. The van der Waals surface area contributed by atoms with Crippen molar-refractivity contribution in [2.75, 3.05) is 17.4 Å². The lowest BCUT2D eigenvalue weighted by atomic mass is 10.2. The zero-order valence-corrected chi connectivity index (χ0v) is 15.0. The third kappa shape index (κ3) is 4.12. The van der Waals surface area contributed by atoms with Gasteiger partial charge in [-0.15, -0.1) is 0 Å². The van der Waals surface area contributed by atoms with Crippen molar-refractivity contribution in [3.05, 3.63) is 76.9 Å². The average molecular weight is 382 g/mol. The van der Waals surface area contributed by atoms with Gasteiger partial charge in [-0.05, 0) is 48.0 Å². The van der Waals surface area contributed by atoms with E-state index in [0.717, 1.165) is 5.56 Å². The van der Waals surface area contributed by atoms with Crippen LogP contribution in [0.2, 0.25) is 5.02 Å². The van der Waals surface area contributed by atoms with Crippen LogP contribution in [0.5, 0.6) is 11.5 Å². The molecule has 1 aliphatic heterocycles. The molecule has 2 heterocycles. The number of carbonyl (C=O) groups is 1. The zero-order chi connectivity index (χ0) is 18.6. The van der Waals surface area contributed by atoms with E-state index in [9.17, 15) is 4.79 Å². The van der Waals surface area contributed by atoms with Gasteiger partial charge < -0.3 is 20.1 Å². The molecule has 0 saturated carbocycles. The molecule has 136 valence electrons. The molecular weight excluding hydrogens is 366 g/mol. The van der Waals surface area contributed by atoms with E-state index in [1.54, 1.807) is 30.5 Å². The molecule has 4 rings (SSSR count). The van der Waals surface area contributed by atoms with Crippen molar-refractivity contribution in [3.63, 3.8) is 0 Å². The minimum absolute atomic E-state index is 0.175. The molecule has 1 aromatic heterocycles. The van der Waals surface area contributed by atoms with Gasteiger partial charge in [0.25, 0.3) is 5.91 Å². The monoisotopic (exact) mass is 381 g/mol. The van der Waals surface area contributed by atoms with E-state index < -0.39 is 0 Å². The number of nitrogens with zero attached hydrogens (tertiary/aromatic N) is 1. The maximum Gasteiger partial charge on any atom is 0.255 e. The van der Waals surface area contributed by atoms with Crippen LogP contribution in [0.25, 0.3) is 0 Å². The summed E-state index contributed by atoms with van der Waals surface area (Å²) in [5.74, 6) is 1.69. The van der Waals surface area contributed by atoms with E-state index >= 15 is 0 Å². The van der Waals surface area contributed by atoms with Crippen molar-refractivity contribution in [1.82, 2.24) is 4.98 Å². The van der Waals surface area contributed by atoms with Gasteiger partial charge in [-0.3, -0.25) is 4.79 Å². The summed E-state index contributed by atoms with van der Waals surface area (Å²) in [5, 5.41) is 6.75. The second kappa shape index (κ2) is 7.55. The molecule has 1 aliphatic rings. The Hall–Kier alpha value is -3.25. The number of anilines is 2. The number of carbonyl (C=O) groups excluding carboxylic acids is 1. The fraction of sp³-hybridized carbons (Fsp3) is 0.100. The standard InChI is InChI=1S/C20H16ClN3O3/c21-15-4-1-13(2-5-15)10-22-19-8-6-16(11-23-19)24-20(25)14-3-7-17-18(9-14)27-12-26-17/h1-9,11H,10,12H2,(H,22,23)(H,24,25). The second-order valence-corrected chi connectivity index (χ2v) is 6.37. The Bertz CT molecular complexity index is 959. The van der Waals surface area contributed by atoms with Crippen LogP contribution in [-0.2, 0) is 6.54 Å². The number of benzene rings is 2. The molecule has 6 nitrogen and oxygen atoms in total. The van der Waals surface area contributed by atoms with Crippen LogP contribution >= 0.6 is 11.6 Å². The van der Waals surface area contributed by atoms with Gasteiger partial charge in [0.2, 0.25) is 6.79 Å². The fourth-order valence-corrected chi connectivity index (χ4v) is 2.73. The molecule has 0 bridgehead atoms. The van der Waals surface area contributed by atoms with Gasteiger partial charge in [0.15, 0.2) is 11.5 Å². The van der Waals surface area contributed by atoms with Gasteiger partial charge >= 0.3 is 0 Å². The van der Waals surface area contributed by atoms with E-state index in [4.69, 9.17) is 21.1 Å². The number of rotatable bonds is 5. The lowest BCUT2D eigenvalue weighted by Gasteiger charge is -2.08. The molecule has 0 saturated heterocycles. The minimum Gasteiger partial charge on any atom is -0.454 e. The number of halogens is 1. The van der Waals surface area contributed by atoms with Gasteiger partial charge in [0.05, 0.1) is 11.9 Å². The van der Waals surface area contributed by atoms with Crippen molar-refractivity contribution in [1.29, 1.82) is 0 Å². The zero-order valence-electron chi connectivity index (χ0n) is 14.2. The Morgan fingerprint density at radius 3 is 2.63 bits per heavy atom. The Balaban J connectivity index is 1.36. The lowest BCUT2D eigenvalue weighted by Crippen LogP contribution is -2.12. The predicted molar refractivity (Wildman–Crippen MR) is 104 cm³/mol. The first-order valence-corrected chi connectivity index (χ1v) is 8.70. The van der Waals surface area contributed by atoms with E-state index in [2.05, 4.69) is 15.6 Å². The Morgan fingerprint density at radius 2 is 1.85 bits per heavy atom. The minimum atomic E-state index is -0.239. The van der Waals surface area contributed by atoms with E-state index in [1.807, 2.05) is 30.3 Å². The SMILES string of the molecule is O=C(Nc1ccc(NCc2ccc(Cl)cc2)nc1)c1ccc2c(c1)OCO2. The summed E-state index contributed by atoms with van der Waals surface area (Å²) in [6.45, 7) is 0.807. The highest BCUT2D eigenvalue weighted by Crippen LogP contribution is 2.32. The molecule has 3 aromatic rings. The van der Waals surface area contributed by atoms with Crippen LogP contribution in [0.15, 0.2) is 60.8 Å². The summed E-state index contributed by atoms with van der Waals surface area (Å²) >= 11 is 5.88. The fourth-order valence-electron chi connectivity index (χ4n) is 2.61. The van der Waals surface area contributed by atoms with Crippen LogP contribution in [0, 0.1) is 0 Å². The summed E-state index contributed by atoms with van der Waals surface area (Å²) in [5.41, 5.74) is 2.19. The number of fused-ring (bicyclic) bond motifs is 1. The third-order valence-corrected chi connectivity index (χ3v) is 4.29. The van der Waals surface area contributed by atoms with Crippen molar-refractivity contribution in [2.24, 2.45) is 0 Å². The first-order chi connectivity index (χ1) is 13.2. The molecule has 7 heteroatoms. The van der Waals surface area contributed by atoms with Crippen molar-refractivity contribution in [3.8, 4) is 11.5 Å². The van der Waals surface area contributed by atoms with Crippen LogP contribution in [0.4, 0.5) is 11.5 Å². The normalized spacial score (nSPS) is 11.9. The lowest BCUT2D eigenvalue weighted by molar-refractivity contribution is 0.102. The number of amides is 1. The molecule has 0 radical (unpaired) electrons. The maximum absolute atomic E-state index is 12.4. The van der Waals surface area contributed by atoms with Crippen LogP contribution in [-0.4, -0.2) is 17.7 Å². The van der Waals surface area contributed by atoms with Gasteiger partial charge in [-0.2, -0.15) is 0 Å². The molecule has 0 atom stereocenters. The van der Waals surface area contributed by atoms with Crippen molar-refractivity contribution < 1.29 is 14.3 Å². The molecule has 27 heavy (non-hydrogen) atoms. The molecule has 0 spiro atoms. The first kappa shape index (κ1) is 17.2. The van der Waals surface area contributed by atoms with Gasteiger partial charge in [-0.1, -0.05) is 23.7 Å². The second-order valence-electron chi connectivity index (χ2n) is 5.93. The highest BCUT2D eigenvalue weighted by molar-refractivity contribution is 6.30. The van der Waals surface area contributed by atoms with Crippen LogP contribution < -0.4 is 20.1 Å². The van der Waals surface area contributed by atoms with Crippen LogP contribution in [0.1, 0.15) is 15.9 Å². The number of pyridine rings is 1. The summed E-state index contributed by atoms with van der Waals surface area (Å²) in [4.78, 5) is 16.7. The van der Waals surface area contributed by atoms with Crippen molar-refractivity contribution >= 4 is 29.0 Å². The molecule has 1 amide bonds. The van der Waals surface area contributed by atoms with Gasteiger partial charge in [0, 0.05) is 17.1 Å². The first-order valence-electron chi connectivity index (χ1n) is 8.33. The number of nitrogens with one attached hydrogen (secondary N) is 2. The Labute approximate surface area is 161 Å². The summed E-state index contributed by atoms with van der Waals surface area (Å²) < 4.78 is 10.5. The number of ether oxygens (including phenoxy) is 2. The summed E-state index contributed by atoms with van der Waals surface area (Å²) in [7, 11) is 0. The summed E-state index contributed by atoms with van der Waals surface area (Å²) in [6.07, 6.45) is 1.61. The average Bonchev–Trinajstić information content (AvgIpc) is 3.16.